The van der Waals surface area contributed by atoms with Gasteiger partial charge in [-0.15, -0.1) is 0 Å². The smallest absolute Gasteiger partial charge is 0.352 e. The number of fused-ring (bicyclic) bond motifs is 2. The molecule has 110 valence electrons. The zero-order chi connectivity index (χ0) is 14.3. The molecule has 0 radical (unpaired) electrons. The van der Waals surface area contributed by atoms with E-state index < -0.39 is 12.7 Å². The summed E-state index contributed by atoms with van der Waals surface area (Å²) in [5, 5.41) is 0.299. The van der Waals surface area contributed by atoms with Crippen LogP contribution in [0.25, 0.3) is 0 Å². The van der Waals surface area contributed by atoms with Crippen molar-refractivity contribution in [1.29, 1.82) is 0 Å². The lowest BCUT2D eigenvalue weighted by Gasteiger charge is -2.41. The normalized spacial score (nSPS) is 27.1. The predicted molar refractivity (Wildman–Crippen MR) is 68.8 cm³/mol. The number of nitrogens with zero attached hydrogens (tertiary/aromatic N) is 4. The van der Waals surface area contributed by atoms with Crippen LogP contribution in [0, 0.1) is 0 Å². The molecule has 0 aromatic carbocycles. The fraction of sp³-hybridized carbons (Fsp3) is 0.667. The Morgan fingerprint density at radius 3 is 2.40 bits per heavy atom. The van der Waals surface area contributed by atoms with Crippen LogP contribution in [-0.4, -0.2) is 52.8 Å². The van der Waals surface area contributed by atoms with Crippen LogP contribution in [0.5, 0.6) is 0 Å². The van der Waals surface area contributed by atoms with E-state index in [1.807, 2.05) is 4.90 Å². The van der Waals surface area contributed by atoms with E-state index in [1.165, 1.54) is 6.20 Å². The van der Waals surface area contributed by atoms with Crippen LogP contribution >= 0.6 is 11.6 Å². The standard InChI is InChI=1S/C12H14ClF3N4/c13-10-3-17-4-11(18-10)19-5-8-1-2-9(6-19)20(8)7-12(14,15)16/h3-4,8-9H,1-2,5-7H2. The number of piperazine rings is 1. The van der Waals surface area contributed by atoms with E-state index in [2.05, 4.69) is 9.97 Å². The summed E-state index contributed by atoms with van der Waals surface area (Å²) >= 11 is 5.81. The molecular weight excluding hydrogens is 293 g/mol. The second-order valence-electron chi connectivity index (χ2n) is 5.28. The molecule has 1 aromatic heterocycles. The van der Waals surface area contributed by atoms with Crippen LogP contribution in [0.15, 0.2) is 12.4 Å². The third-order valence-corrected chi connectivity index (χ3v) is 4.09. The lowest BCUT2D eigenvalue weighted by atomic mass is 10.2. The van der Waals surface area contributed by atoms with Gasteiger partial charge in [0.1, 0.15) is 11.0 Å². The van der Waals surface area contributed by atoms with Crippen molar-refractivity contribution in [1.82, 2.24) is 14.9 Å². The lowest BCUT2D eigenvalue weighted by molar-refractivity contribution is -0.153. The zero-order valence-electron chi connectivity index (χ0n) is 10.6. The highest BCUT2D eigenvalue weighted by atomic mass is 35.5. The van der Waals surface area contributed by atoms with Crippen molar-refractivity contribution in [2.24, 2.45) is 0 Å². The number of hydrogen-bond acceptors (Lipinski definition) is 4. The van der Waals surface area contributed by atoms with Gasteiger partial charge in [-0.1, -0.05) is 11.6 Å². The van der Waals surface area contributed by atoms with Crippen molar-refractivity contribution in [3.8, 4) is 0 Å². The molecule has 2 aliphatic heterocycles. The minimum Gasteiger partial charge on any atom is -0.352 e. The molecule has 3 rings (SSSR count). The summed E-state index contributed by atoms with van der Waals surface area (Å²) in [5.74, 6) is 0.640. The number of hydrogen-bond donors (Lipinski definition) is 0. The molecule has 8 heteroatoms. The molecule has 2 fully saturated rings. The third kappa shape index (κ3) is 2.83. The Kier molecular flexibility index (Phi) is 3.50. The molecule has 4 nitrogen and oxygen atoms in total. The van der Waals surface area contributed by atoms with Crippen molar-refractivity contribution < 1.29 is 13.2 Å². The van der Waals surface area contributed by atoms with Gasteiger partial charge in [-0.25, -0.2) is 4.98 Å². The van der Waals surface area contributed by atoms with Crippen molar-refractivity contribution in [3.63, 3.8) is 0 Å². The van der Waals surface area contributed by atoms with E-state index in [0.717, 1.165) is 12.8 Å². The van der Waals surface area contributed by atoms with Crippen molar-refractivity contribution in [3.05, 3.63) is 17.5 Å². The van der Waals surface area contributed by atoms with E-state index in [0.29, 0.717) is 24.1 Å². The average molecular weight is 307 g/mol. The molecule has 0 aliphatic carbocycles. The lowest BCUT2D eigenvalue weighted by Crippen LogP contribution is -2.56. The molecule has 0 amide bonds. The molecule has 1 aromatic rings. The Labute approximate surface area is 119 Å². The molecular formula is C12H14ClF3N4. The first-order valence-corrected chi connectivity index (χ1v) is 6.85. The minimum atomic E-state index is -4.14. The van der Waals surface area contributed by atoms with E-state index in [1.54, 1.807) is 11.1 Å². The Morgan fingerprint density at radius 1 is 1.20 bits per heavy atom. The van der Waals surface area contributed by atoms with Gasteiger partial charge < -0.3 is 4.90 Å². The predicted octanol–water partition coefficient (Wildman–Crippen LogP) is 2.35. The Morgan fingerprint density at radius 2 is 1.85 bits per heavy atom. The minimum absolute atomic E-state index is 0.0730. The summed E-state index contributed by atoms with van der Waals surface area (Å²) in [4.78, 5) is 11.7. The maximum absolute atomic E-state index is 12.6. The van der Waals surface area contributed by atoms with Gasteiger partial charge >= 0.3 is 6.18 Å². The van der Waals surface area contributed by atoms with E-state index in [4.69, 9.17) is 11.6 Å². The van der Waals surface area contributed by atoms with Gasteiger partial charge in [0, 0.05) is 25.2 Å². The van der Waals surface area contributed by atoms with Gasteiger partial charge in [0.15, 0.2) is 0 Å². The summed E-state index contributed by atoms with van der Waals surface area (Å²) in [5.41, 5.74) is 0. The SMILES string of the molecule is FC(F)(F)CN1C2CCC1CN(c1cncc(Cl)n1)C2. The Bertz CT molecular complexity index is 482. The van der Waals surface area contributed by atoms with E-state index in [9.17, 15) is 13.2 Å². The fourth-order valence-corrected chi connectivity index (χ4v) is 3.27. The molecule has 3 heterocycles. The zero-order valence-corrected chi connectivity index (χ0v) is 11.4. The number of anilines is 1. The van der Waals surface area contributed by atoms with Crippen molar-refractivity contribution >= 4 is 17.4 Å². The first-order chi connectivity index (χ1) is 9.42. The summed E-state index contributed by atoms with van der Waals surface area (Å²) in [6.07, 6.45) is 0.500. The number of rotatable bonds is 2. The van der Waals surface area contributed by atoms with Crippen LogP contribution in [0.2, 0.25) is 5.15 Å². The summed E-state index contributed by atoms with van der Waals surface area (Å²) in [6.45, 7) is 0.264. The van der Waals surface area contributed by atoms with E-state index >= 15 is 0 Å². The van der Waals surface area contributed by atoms with E-state index in [-0.39, 0.29) is 12.1 Å². The highest BCUT2D eigenvalue weighted by Gasteiger charge is 2.45. The largest absolute Gasteiger partial charge is 0.401 e. The van der Waals surface area contributed by atoms with Crippen molar-refractivity contribution in [2.75, 3.05) is 24.5 Å². The van der Waals surface area contributed by atoms with Gasteiger partial charge in [0.25, 0.3) is 0 Å². The first kappa shape index (κ1) is 13.9. The van der Waals surface area contributed by atoms with Gasteiger partial charge in [0.05, 0.1) is 18.9 Å². The molecule has 2 atom stereocenters. The molecule has 2 saturated heterocycles. The second-order valence-corrected chi connectivity index (χ2v) is 5.66. The van der Waals surface area contributed by atoms with Crippen LogP contribution < -0.4 is 4.90 Å². The third-order valence-electron chi connectivity index (χ3n) is 3.91. The number of halogens is 4. The Balaban J connectivity index is 1.73. The first-order valence-electron chi connectivity index (χ1n) is 6.47. The van der Waals surface area contributed by atoms with Gasteiger partial charge in [0.2, 0.25) is 0 Å². The fourth-order valence-electron chi connectivity index (χ4n) is 3.13. The van der Waals surface area contributed by atoms with Crippen LogP contribution in [0.1, 0.15) is 12.8 Å². The molecule has 0 spiro atoms. The topological polar surface area (TPSA) is 32.3 Å². The summed E-state index contributed by atoms with van der Waals surface area (Å²) in [7, 11) is 0. The molecule has 0 saturated carbocycles. The van der Waals surface area contributed by atoms with Crippen molar-refractivity contribution in [2.45, 2.75) is 31.1 Å². The van der Waals surface area contributed by atoms with Gasteiger partial charge in [-0.3, -0.25) is 9.88 Å². The molecule has 2 aliphatic rings. The highest BCUT2D eigenvalue weighted by Crippen LogP contribution is 2.34. The van der Waals surface area contributed by atoms with Gasteiger partial charge in [-0.05, 0) is 12.8 Å². The molecule has 0 N–H and O–H groups in total. The van der Waals surface area contributed by atoms with Crippen LogP contribution in [0.4, 0.5) is 19.0 Å². The quantitative estimate of drug-likeness (QED) is 0.839. The number of alkyl halides is 3. The summed E-state index contributed by atoms with van der Waals surface area (Å²) in [6, 6.07) is -0.146. The maximum Gasteiger partial charge on any atom is 0.401 e. The highest BCUT2D eigenvalue weighted by molar-refractivity contribution is 6.29. The monoisotopic (exact) mass is 306 g/mol. The van der Waals surface area contributed by atoms with Crippen LogP contribution in [0.3, 0.4) is 0 Å². The number of aromatic nitrogens is 2. The molecule has 2 unspecified atom stereocenters. The summed E-state index contributed by atoms with van der Waals surface area (Å²) < 4.78 is 37.8. The Hall–Kier alpha value is -1.08. The second kappa shape index (κ2) is 5.04. The van der Waals surface area contributed by atoms with Crippen LogP contribution in [-0.2, 0) is 0 Å². The average Bonchev–Trinajstić information content (AvgIpc) is 2.60. The molecule has 2 bridgehead atoms. The maximum atomic E-state index is 12.6. The van der Waals surface area contributed by atoms with Gasteiger partial charge in [-0.2, -0.15) is 13.2 Å². The molecule has 20 heavy (non-hydrogen) atoms.